The zero-order chi connectivity index (χ0) is 19.3. The van der Waals surface area contributed by atoms with Gasteiger partial charge in [0.2, 0.25) is 5.85 Å². The Bertz CT molecular complexity index is 538. The minimum atomic E-state index is -3.48. The molecule has 0 saturated carbocycles. The zero-order valence-corrected chi connectivity index (χ0v) is 17.2. The van der Waals surface area contributed by atoms with Crippen LogP contribution in [0.25, 0.3) is 0 Å². The van der Waals surface area contributed by atoms with Crippen molar-refractivity contribution in [2.45, 2.75) is 70.6 Å². The molecule has 1 rings (SSSR count). The van der Waals surface area contributed by atoms with Crippen molar-refractivity contribution in [3.63, 3.8) is 0 Å². The number of carbonyl (C=O) groups excluding carboxylic acids is 1. The van der Waals surface area contributed by atoms with E-state index in [1.807, 2.05) is 6.07 Å². The molecule has 1 atom stereocenters. The van der Waals surface area contributed by atoms with Crippen LogP contribution >= 0.6 is 7.60 Å². The van der Waals surface area contributed by atoms with E-state index in [9.17, 15) is 9.36 Å². The van der Waals surface area contributed by atoms with Crippen LogP contribution in [0.4, 0.5) is 0 Å². The molecule has 148 valence electrons. The molecule has 6 heteroatoms. The normalized spacial score (nSPS) is 12.7. The molecule has 1 aromatic carbocycles. The second kappa shape index (κ2) is 13.1. The first-order chi connectivity index (χ1) is 12.6. The fourth-order valence-corrected chi connectivity index (χ4v) is 4.15. The number of carbonyl (C=O) groups is 1. The van der Waals surface area contributed by atoms with Gasteiger partial charge in [-0.2, -0.15) is 0 Å². The Balaban J connectivity index is 2.52. The lowest BCUT2D eigenvalue weighted by atomic mass is 10.1. The van der Waals surface area contributed by atoms with Crippen LogP contribution in [0, 0.1) is 0 Å². The zero-order valence-electron chi connectivity index (χ0n) is 16.3. The second-order valence-corrected chi connectivity index (χ2v) is 8.78. The molecule has 0 bridgehead atoms. The summed E-state index contributed by atoms with van der Waals surface area (Å²) >= 11 is 0. The minimum Gasteiger partial charge on any atom is -0.446 e. The van der Waals surface area contributed by atoms with Gasteiger partial charge in [-0.25, -0.2) is 4.79 Å². The van der Waals surface area contributed by atoms with E-state index in [1.54, 1.807) is 24.3 Å². The highest BCUT2D eigenvalue weighted by molar-refractivity contribution is 7.54. The Morgan fingerprint density at radius 1 is 0.923 bits per heavy atom. The first-order valence-corrected chi connectivity index (χ1v) is 11.2. The number of esters is 1. The smallest absolute Gasteiger partial charge is 0.370 e. The molecular formula is C20H33O5P. The molecule has 5 nitrogen and oxygen atoms in total. The minimum absolute atomic E-state index is 0.423. The summed E-state index contributed by atoms with van der Waals surface area (Å²) < 4.78 is 28.4. The van der Waals surface area contributed by atoms with Crippen molar-refractivity contribution >= 4 is 13.6 Å². The highest BCUT2D eigenvalue weighted by atomic mass is 31.2. The van der Waals surface area contributed by atoms with Crippen LogP contribution in [0.15, 0.2) is 30.3 Å². The highest BCUT2D eigenvalue weighted by Gasteiger charge is 2.37. The number of rotatable bonds is 14. The van der Waals surface area contributed by atoms with Gasteiger partial charge in [-0.05, 0) is 25.0 Å². The molecule has 0 amide bonds. The Morgan fingerprint density at radius 2 is 1.46 bits per heavy atom. The van der Waals surface area contributed by atoms with Crippen LogP contribution in [-0.2, 0) is 18.3 Å². The fourth-order valence-electron chi connectivity index (χ4n) is 2.81. The van der Waals surface area contributed by atoms with E-state index in [4.69, 9.17) is 13.8 Å². The summed E-state index contributed by atoms with van der Waals surface area (Å²) in [7, 11) is -0.837. The van der Waals surface area contributed by atoms with Crippen LogP contribution in [0.3, 0.4) is 0 Å². The molecule has 26 heavy (non-hydrogen) atoms. The molecule has 0 fully saturated rings. The van der Waals surface area contributed by atoms with E-state index in [2.05, 4.69) is 6.92 Å². The third-order valence-corrected chi connectivity index (χ3v) is 6.51. The maximum atomic E-state index is 12.7. The van der Waals surface area contributed by atoms with Crippen molar-refractivity contribution in [1.82, 2.24) is 0 Å². The largest absolute Gasteiger partial charge is 0.446 e. The third-order valence-electron chi connectivity index (χ3n) is 4.42. The Hall–Kier alpha value is -1.16. The van der Waals surface area contributed by atoms with E-state index in [0.29, 0.717) is 12.0 Å². The van der Waals surface area contributed by atoms with Crippen molar-refractivity contribution in [1.29, 1.82) is 0 Å². The molecule has 1 unspecified atom stereocenters. The molecule has 0 aliphatic rings. The SMILES string of the molecule is CCCCCCCCCCC(OC(=O)c1ccccc1)P(=O)(OC)OC. The summed E-state index contributed by atoms with van der Waals surface area (Å²) in [5.41, 5.74) is 0.423. The van der Waals surface area contributed by atoms with E-state index in [0.717, 1.165) is 19.3 Å². The van der Waals surface area contributed by atoms with Crippen molar-refractivity contribution in [2.24, 2.45) is 0 Å². The Morgan fingerprint density at radius 3 is 2.00 bits per heavy atom. The maximum absolute atomic E-state index is 12.7. The maximum Gasteiger partial charge on any atom is 0.370 e. The van der Waals surface area contributed by atoms with Gasteiger partial charge in [0.1, 0.15) is 0 Å². The molecule has 0 radical (unpaired) electrons. The predicted molar refractivity (Wildman–Crippen MR) is 104 cm³/mol. The summed E-state index contributed by atoms with van der Waals surface area (Å²) in [6.07, 6.45) is 9.72. The van der Waals surface area contributed by atoms with Crippen molar-refractivity contribution < 1.29 is 23.1 Å². The van der Waals surface area contributed by atoms with Gasteiger partial charge in [-0.15, -0.1) is 0 Å². The van der Waals surface area contributed by atoms with Gasteiger partial charge in [0.25, 0.3) is 0 Å². The quantitative estimate of drug-likeness (QED) is 0.217. The topological polar surface area (TPSA) is 61.8 Å². The number of unbranched alkanes of at least 4 members (excludes halogenated alkanes) is 7. The van der Waals surface area contributed by atoms with Crippen LogP contribution in [0.5, 0.6) is 0 Å². The summed E-state index contributed by atoms with van der Waals surface area (Å²) in [6.45, 7) is 2.21. The lowest BCUT2D eigenvalue weighted by molar-refractivity contribution is 0.0366. The Labute approximate surface area is 158 Å². The van der Waals surface area contributed by atoms with Gasteiger partial charge in [-0.1, -0.05) is 70.1 Å². The summed E-state index contributed by atoms with van der Waals surface area (Å²) in [5, 5.41) is 0. The second-order valence-electron chi connectivity index (χ2n) is 6.39. The van der Waals surface area contributed by atoms with Crippen LogP contribution in [-0.4, -0.2) is 26.0 Å². The number of hydrogen-bond donors (Lipinski definition) is 0. The molecule has 0 aromatic heterocycles. The summed E-state index contributed by atoms with van der Waals surface area (Å²) in [5.74, 6) is -1.39. The standard InChI is InChI=1S/C20H33O5P/c1-4-5-6-7-8-9-10-14-17-19(26(22,23-2)24-3)25-20(21)18-15-12-11-13-16-18/h11-13,15-16,19H,4-10,14,17H2,1-3H3. The van der Waals surface area contributed by atoms with E-state index in [-0.39, 0.29) is 0 Å². The summed E-state index contributed by atoms with van der Waals surface area (Å²) in [4.78, 5) is 12.3. The predicted octanol–water partition coefficient (Wildman–Crippen LogP) is 6.19. The average Bonchev–Trinajstić information content (AvgIpc) is 2.69. The fraction of sp³-hybridized carbons (Fsp3) is 0.650. The van der Waals surface area contributed by atoms with E-state index >= 15 is 0 Å². The van der Waals surface area contributed by atoms with Crippen molar-refractivity contribution in [3.05, 3.63) is 35.9 Å². The van der Waals surface area contributed by atoms with Crippen LogP contribution in [0.1, 0.15) is 75.1 Å². The van der Waals surface area contributed by atoms with Crippen LogP contribution < -0.4 is 0 Å². The molecule has 0 heterocycles. The lowest BCUT2D eigenvalue weighted by Crippen LogP contribution is -2.20. The number of ether oxygens (including phenoxy) is 1. The molecule has 1 aromatic rings. The van der Waals surface area contributed by atoms with Gasteiger partial charge >= 0.3 is 13.6 Å². The average molecular weight is 384 g/mol. The monoisotopic (exact) mass is 384 g/mol. The van der Waals surface area contributed by atoms with Gasteiger partial charge in [0, 0.05) is 14.2 Å². The van der Waals surface area contributed by atoms with Gasteiger partial charge in [-0.3, -0.25) is 4.57 Å². The van der Waals surface area contributed by atoms with E-state index < -0.39 is 19.4 Å². The van der Waals surface area contributed by atoms with Gasteiger partial charge in [0.05, 0.1) is 5.56 Å². The lowest BCUT2D eigenvalue weighted by Gasteiger charge is -2.24. The van der Waals surface area contributed by atoms with Crippen molar-refractivity contribution in [3.8, 4) is 0 Å². The van der Waals surface area contributed by atoms with Gasteiger partial charge < -0.3 is 13.8 Å². The third kappa shape index (κ3) is 8.03. The first-order valence-electron chi connectivity index (χ1n) is 9.54. The molecule has 0 saturated heterocycles. The first kappa shape index (κ1) is 22.9. The van der Waals surface area contributed by atoms with Crippen molar-refractivity contribution in [2.75, 3.05) is 14.2 Å². The number of benzene rings is 1. The molecule has 0 aliphatic heterocycles. The molecule has 0 N–H and O–H groups in total. The van der Waals surface area contributed by atoms with E-state index in [1.165, 1.54) is 46.3 Å². The summed E-state index contributed by atoms with van der Waals surface area (Å²) in [6, 6.07) is 8.68. The van der Waals surface area contributed by atoms with Crippen LogP contribution in [0.2, 0.25) is 0 Å². The number of hydrogen-bond acceptors (Lipinski definition) is 5. The molecular weight excluding hydrogens is 351 g/mol. The highest BCUT2D eigenvalue weighted by Crippen LogP contribution is 2.54. The molecule has 0 aliphatic carbocycles. The molecule has 0 spiro atoms. The van der Waals surface area contributed by atoms with Gasteiger partial charge in [0.15, 0.2) is 0 Å². The Kier molecular flexibility index (Phi) is 11.5.